The number of carbonyl (C=O) groups excluding carboxylic acids is 1. The van der Waals surface area contributed by atoms with Gasteiger partial charge in [0.1, 0.15) is 0 Å². The van der Waals surface area contributed by atoms with Gasteiger partial charge in [0.25, 0.3) is 5.91 Å². The molecule has 0 saturated carbocycles. The summed E-state index contributed by atoms with van der Waals surface area (Å²) >= 11 is 0. The number of nitrogens with one attached hydrogen (secondary N) is 3. The number of hydrogen-bond donors (Lipinski definition) is 3. The fraction of sp³-hybridized carbons (Fsp3) is 0.235. The average molecular weight is 283 g/mol. The Morgan fingerprint density at radius 1 is 1.00 bits per heavy atom. The number of hydrogen-bond acceptors (Lipinski definition) is 3. The Morgan fingerprint density at radius 3 is 2.29 bits per heavy atom. The van der Waals surface area contributed by atoms with Gasteiger partial charge in [0, 0.05) is 23.8 Å². The Balaban J connectivity index is 1.84. The molecular weight excluding hydrogens is 262 g/mol. The summed E-state index contributed by atoms with van der Waals surface area (Å²) in [5.74, 6) is -0.0353. The van der Waals surface area contributed by atoms with Crippen molar-refractivity contribution in [1.29, 1.82) is 0 Å². The summed E-state index contributed by atoms with van der Waals surface area (Å²) < 4.78 is 0. The quantitative estimate of drug-likeness (QED) is 0.714. The number of rotatable bonds is 6. The maximum Gasteiger partial charge on any atom is 0.251 e. The molecule has 0 aromatic heterocycles. The molecule has 0 bridgehead atoms. The molecule has 1 amide bonds. The molecule has 0 fully saturated rings. The third-order valence-corrected chi connectivity index (χ3v) is 2.93. The summed E-state index contributed by atoms with van der Waals surface area (Å²) in [6.07, 6.45) is 0. The van der Waals surface area contributed by atoms with Crippen LogP contribution in [0.2, 0.25) is 0 Å². The van der Waals surface area contributed by atoms with E-state index < -0.39 is 0 Å². The maximum atomic E-state index is 11.8. The van der Waals surface area contributed by atoms with Crippen molar-refractivity contribution in [2.75, 3.05) is 5.43 Å². The highest BCUT2D eigenvalue weighted by Gasteiger charge is 2.06. The summed E-state index contributed by atoms with van der Waals surface area (Å²) in [6, 6.07) is 17.7. The van der Waals surface area contributed by atoms with Crippen molar-refractivity contribution in [1.82, 2.24) is 10.7 Å². The van der Waals surface area contributed by atoms with E-state index in [0.29, 0.717) is 12.1 Å². The predicted octanol–water partition coefficient (Wildman–Crippen LogP) is 2.94. The number of anilines is 1. The van der Waals surface area contributed by atoms with Gasteiger partial charge in [0.2, 0.25) is 0 Å². The zero-order valence-electron chi connectivity index (χ0n) is 12.4. The topological polar surface area (TPSA) is 53.2 Å². The number of benzene rings is 2. The van der Waals surface area contributed by atoms with Gasteiger partial charge >= 0.3 is 0 Å². The average Bonchev–Trinajstić information content (AvgIpc) is 2.48. The van der Waals surface area contributed by atoms with E-state index in [9.17, 15) is 4.79 Å². The van der Waals surface area contributed by atoms with Crippen LogP contribution in [0.15, 0.2) is 54.6 Å². The highest BCUT2D eigenvalue weighted by molar-refractivity contribution is 5.94. The SMILES string of the molecule is CC(C)NC(=O)c1ccc(CNNc2ccccc2)cc1. The summed E-state index contributed by atoms with van der Waals surface area (Å²) in [7, 11) is 0. The van der Waals surface area contributed by atoms with E-state index in [0.717, 1.165) is 11.3 Å². The minimum absolute atomic E-state index is 0.0353. The molecule has 0 aliphatic heterocycles. The number of amides is 1. The van der Waals surface area contributed by atoms with Crippen molar-refractivity contribution >= 4 is 11.6 Å². The molecule has 0 aliphatic carbocycles. The lowest BCUT2D eigenvalue weighted by atomic mass is 10.1. The maximum absolute atomic E-state index is 11.8. The third-order valence-electron chi connectivity index (χ3n) is 2.93. The largest absolute Gasteiger partial charge is 0.350 e. The van der Waals surface area contributed by atoms with E-state index in [4.69, 9.17) is 0 Å². The Hall–Kier alpha value is -2.33. The summed E-state index contributed by atoms with van der Waals surface area (Å²) in [6.45, 7) is 4.58. The molecule has 21 heavy (non-hydrogen) atoms. The Kier molecular flexibility index (Phi) is 5.35. The van der Waals surface area contributed by atoms with Crippen LogP contribution in [0.5, 0.6) is 0 Å². The Morgan fingerprint density at radius 2 is 1.67 bits per heavy atom. The molecule has 4 nitrogen and oxygen atoms in total. The second-order valence-corrected chi connectivity index (χ2v) is 5.17. The van der Waals surface area contributed by atoms with E-state index in [1.807, 2.05) is 68.4 Å². The molecular formula is C17H21N3O. The van der Waals surface area contributed by atoms with Crippen LogP contribution in [0, 0.1) is 0 Å². The summed E-state index contributed by atoms with van der Waals surface area (Å²) in [4.78, 5) is 11.8. The fourth-order valence-corrected chi connectivity index (χ4v) is 1.89. The summed E-state index contributed by atoms with van der Waals surface area (Å²) in [5, 5.41) is 2.88. The normalized spacial score (nSPS) is 10.4. The van der Waals surface area contributed by atoms with E-state index in [-0.39, 0.29) is 11.9 Å². The van der Waals surface area contributed by atoms with Crippen LogP contribution >= 0.6 is 0 Å². The van der Waals surface area contributed by atoms with Crippen molar-refractivity contribution in [2.45, 2.75) is 26.4 Å². The first kappa shape index (κ1) is 15.1. The van der Waals surface area contributed by atoms with Crippen molar-refractivity contribution < 1.29 is 4.79 Å². The lowest BCUT2D eigenvalue weighted by Crippen LogP contribution is -2.30. The highest BCUT2D eigenvalue weighted by Crippen LogP contribution is 2.06. The Bertz CT molecular complexity index is 564. The minimum atomic E-state index is -0.0353. The van der Waals surface area contributed by atoms with Gasteiger partial charge in [0.15, 0.2) is 0 Å². The molecule has 0 saturated heterocycles. The van der Waals surface area contributed by atoms with Gasteiger partial charge in [-0.15, -0.1) is 0 Å². The van der Waals surface area contributed by atoms with Gasteiger partial charge in [-0.1, -0.05) is 30.3 Å². The van der Waals surface area contributed by atoms with E-state index >= 15 is 0 Å². The second kappa shape index (κ2) is 7.45. The predicted molar refractivity (Wildman–Crippen MR) is 85.9 cm³/mol. The van der Waals surface area contributed by atoms with Crippen LogP contribution in [0.3, 0.4) is 0 Å². The molecule has 0 spiro atoms. The molecule has 0 unspecified atom stereocenters. The van der Waals surface area contributed by atoms with Gasteiger partial charge in [-0.3, -0.25) is 4.79 Å². The van der Waals surface area contributed by atoms with Gasteiger partial charge in [0.05, 0.1) is 0 Å². The number of carbonyl (C=O) groups is 1. The van der Waals surface area contributed by atoms with Crippen molar-refractivity contribution in [3.05, 3.63) is 65.7 Å². The molecule has 4 heteroatoms. The monoisotopic (exact) mass is 283 g/mol. The van der Waals surface area contributed by atoms with Crippen molar-refractivity contribution in [2.24, 2.45) is 0 Å². The van der Waals surface area contributed by atoms with Crippen LogP contribution in [0.1, 0.15) is 29.8 Å². The molecule has 3 N–H and O–H groups in total. The first-order valence-corrected chi connectivity index (χ1v) is 7.09. The molecule has 0 atom stereocenters. The lowest BCUT2D eigenvalue weighted by molar-refractivity contribution is 0.0943. The molecule has 2 rings (SSSR count). The first-order valence-electron chi connectivity index (χ1n) is 7.09. The van der Waals surface area contributed by atoms with Crippen LogP contribution in [-0.4, -0.2) is 11.9 Å². The van der Waals surface area contributed by atoms with Gasteiger partial charge < -0.3 is 10.7 Å². The van der Waals surface area contributed by atoms with Crippen LogP contribution < -0.4 is 16.2 Å². The van der Waals surface area contributed by atoms with Crippen molar-refractivity contribution in [3.8, 4) is 0 Å². The molecule has 0 heterocycles. The number of para-hydroxylation sites is 1. The van der Waals surface area contributed by atoms with Gasteiger partial charge in [-0.25, -0.2) is 5.43 Å². The zero-order chi connectivity index (χ0) is 15.1. The smallest absolute Gasteiger partial charge is 0.251 e. The van der Waals surface area contributed by atoms with Crippen LogP contribution in [0.25, 0.3) is 0 Å². The van der Waals surface area contributed by atoms with Gasteiger partial charge in [-0.2, -0.15) is 0 Å². The minimum Gasteiger partial charge on any atom is -0.350 e. The molecule has 0 radical (unpaired) electrons. The molecule has 2 aromatic rings. The lowest BCUT2D eigenvalue weighted by Gasteiger charge is -2.10. The summed E-state index contributed by atoms with van der Waals surface area (Å²) in [5.41, 5.74) is 9.09. The van der Waals surface area contributed by atoms with E-state index in [1.165, 1.54) is 0 Å². The van der Waals surface area contributed by atoms with E-state index in [2.05, 4.69) is 16.2 Å². The fourth-order valence-electron chi connectivity index (χ4n) is 1.89. The third kappa shape index (κ3) is 4.93. The standard InChI is InChI=1S/C17H21N3O/c1-13(2)19-17(21)15-10-8-14(9-11-15)12-18-20-16-6-4-3-5-7-16/h3-11,13,18,20H,12H2,1-2H3,(H,19,21). The zero-order valence-corrected chi connectivity index (χ0v) is 12.4. The molecule has 2 aromatic carbocycles. The van der Waals surface area contributed by atoms with Crippen LogP contribution in [0.4, 0.5) is 5.69 Å². The molecule has 110 valence electrons. The van der Waals surface area contributed by atoms with Gasteiger partial charge in [-0.05, 0) is 43.7 Å². The highest BCUT2D eigenvalue weighted by atomic mass is 16.1. The Labute approximate surface area is 125 Å². The first-order chi connectivity index (χ1) is 10.1. The van der Waals surface area contributed by atoms with Crippen molar-refractivity contribution in [3.63, 3.8) is 0 Å². The number of hydrazine groups is 1. The molecule has 0 aliphatic rings. The van der Waals surface area contributed by atoms with Crippen LogP contribution in [-0.2, 0) is 6.54 Å². The second-order valence-electron chi connectivity index (χ2n) is 5.17. The van der Waals surface area contributed by atoms with E-state index in [1.54, 1.807) is 0 Å².